The lowest BCUT2D eigenvalue weighted by Crippen LogP contribution is -1.84. The largest absolute Gasteiger partial charge is 0.265 e. The first-order valence-electron chi connectivity index (χ1n) is 8.18. The first-order chi connectivity index (χ1) is 12.2. The van der Waals surface area contributed by atoms with Crippen LogP contribution >= 0.6 is 11.3 Å². The Morgan fingerprint density at radius 2 is 1.72 bits per heavy atom. The molecule has 0 spiro atoms. The maximum Gasteiger partial charge on any atom is 0.124 e. The third-order valence-corrected chi connectivity index (χ3v) is 5.21. The second kappa shape index (κ2) is 6.61. The molecule has 0 aliphatic carbocycles. The molecule has 2 nitrogen and oxygen atoms in total. The zero-order valence-electron chi connectivity index (χ0n) is 14.2. The molecule has 3 heteroatoms. The summed E-state index contributed by atoms with van der Waals surface area (Å²) in [6.07, 6.45) is 3.66. The Morgan fingerprint density at radius 1 is 0.880 bits per heavy atom. The molecule has 2 aromatic heterocycles. The van der Waals surface area contributed by atoms with Crippen LogP contribution in [0.15, 0.2) is 67.0 Å². The molecule has 0 N–H and O–H groups in total. The van der Waals surface area contributed by atoms with Gasteiger partial charge < -0.3 is 0 Å². The maximum absolute atomic E-state index is 4.99. The minimum absolute atomic E-state index is 1.03. The minimum Gasteiger partial charge on any atom is -0.265 e. The maximum atomic E-state index is 4.99. The molecule has 2 aromatic carbocycles. The smallest absolute Gasteiger partial charge is 0.124 e. The summed E-state index contributed by atoms with van der Waals surface area (Å²) in [5, 5.41) is 1.03. The highest BCUT2D eigenvalue weighted by Gasteiger charge is 2.16. The van der Waals surface area contributed by atoms with Crippen LogP contribution in [-0.2, 0) is 0 Å². The van der Waals surface area contributed by atoms with Gasteiger partial charge in [0.1, 0.15) is 5.01 Å². The van der Waals surface area contributed by atoms with E-state index in [1.807, 2.05) is 30.6 Å². The molecule has 4 aromatic rings. The molecule has 0 bridgehead atoms. The van der Waals surface area contributed by atoms with E-state index in [-0.39, 0.29) is 0 Å². The van der Waals surface area contributed by atoms with Crippen molar-refractivity contribution in [2.75, 3.05) is 0 Å². The highest BCUT2D eigenvalue weighted by Crippen LogP contribution is 2.40. The molecule has 1 radical (unpaired) electrons. The Balaban J connectivity index is 1.92. The lowest BCUT2D eigenvalue weighted by molar-refractivity contribution is 1.33. The molecule has 0 aliphatic rings. The van der Waals surface area contributed by atoms with Gasteiger partial charge in [-0.15, -0.1) is 11.3 Å². The molecule has 121 valence electrons. The average Bonchev–Trinajstić information content (AvgIpc) is 3.08. The van der Waals surface area contributed by atoms with Crippen LogP contribution in [0.3, 0.4) is 0 Å². The summed E-state index contributed by atoms with van der Waals surface area (Å²) >= 11 is 1.72. The third-order valence-electron chi connectivity index (χ3n) is 4.05. The van der Waals surface area contributed by atoms with Crippen molar-refractivity contribution in [3.05, 3.63) is 84.2 Å². The van der Waals surface area contributed by atoms with E-state index in [4.69, 9.17) is 4.98 Å². The predicted molar refractivity (Wildman–Crippen MR) is 105 cm³/mol. The van der Waals surface area contributed by atoms with Crippen molar-refractivity contribution in [1.29, 1.82) is 0 Å². The lowest BCUT2D eigenvalue weighted by atomic mass is 10.1. The summed E-state index contributed by atoms with van der Waals surface area (Å²) in [5.74, 6) is 0. The highest BCUT2D eigenvalue weighted by molar-refractivity contribution is 7.19. The summed E-state index contributed by atoms with van der Waals surface area (Å²) in [5.41, 5.74) is 6.81. The molecule has 25 heavy (non-hydrogen) atoms. The van der Waals surface area contributed by atoms with Gasteiger partial charge in [0, 0.05) is 23.5 Å². The summed E-state index contributed by atoms with van der Waals surface area (Å²) in [7, 11) is 0. The fraction of sp³-hybridized carbons (Fsp3) is 0.0909. The van der Waals surface area contributed by atoms with Crippen molar-refractivity contribution in [3.63, 3.8) is 0 Å². The van der Waals surface area contributed by atoms with Crippen molar-refractivity contribution in [2.45, 2.75) is 13.8 Å². The number of nitrogens with zero attached hydrogens (tertiary/aromatic N) is 2. The normalized spacial score (nSPS) is 10.8. The number of rotatable bonds is 3. The molecule has 4 rings (SSSR count). The van der Waals surface area contributed by atoms with Crippen LogP contribution in [0.5, 0.6) is 0 Å². The number of benzene rings is 2. The van der Waals surface area contributed by atoms with E-state index < -0.39 is 0 Å². The van der Waals surface area contributed by atoms with Gasteiger partial charge in [-0.2, -0.15) is 0 Å². The van der Waals surface area contributed by atoms with E-state index in [1.54, 1.807) is 11.3 Å². The van der Waals surface area contributed by atoms with Crippen molar-refractivity contribution < 1.29 is 0 Å². The molecular weight excluding hydrogens is 324 g/mol. The van der Waals surface area contributed by atoms with E-state index in [9.17, 15) is 0 Å². The summed E-state index contributed by atoms with van der Waals surface area (Å²) in [6, 6.07) is 22.0. The number of aromatic nitrogens is 2. The van der Waals surface area contributed by atoms with Crippen LogP contribution in [0.1, 0.15) is 11.1 Å². The Bertz CT molecular complexity index is 1020. The molecule has 0 amide bonds. The first kappa shape index (κ1) is 15.7. The molecule has 0 fully saturated rings. The standard InChI is InChI=1S/C22H17N2S/c1-15-5-3-7-18(13-15)20-21(17-9-11-23-12-10-17)25-22(24-20)19-8-4-6-16(2)14-19/h3-5,7-14H,1-2H3. The Kier molecular flexibility index (Phi) is 4.16. The van der Waals surface area contributed by atoms with Gasteiger partial charge in [-0.1, -0.05) is 35.9 Å². The zero-order valence-corrected chi connectivity index (χ0v) is 15.0. The van der Waals surface area contributed by atoms with Gasteiger partial charge in [-0.25, -0.2) is 4.98 Å². The number of hydrogen-bond donors (Lipinski definition) is 0. The predicted octanol–water partition coefficient (Wildman–Crippen LogP) is 5.96. The number of aryl methyl sites for hydroxylation is 2. The van der Waals surface area contributed by atoms with Crippen molar-refractivity contribution in [3.8, 4) is 32.3 Å². The SMILES string of the molecule is Cc1[c]ccc(-c2nc(-c3cccc(C)c3)c(-c3ccncc3)s2)c1. The molecule has 2 heterocycles. The molecule has 0 aliphatic heterocycles. The van der Waals surface area contributed by atoms with Gasteiger partial charge in [0.05, 0.1) is 10.6 Å². The Morgan fingerprint density at radius 3 is 2.48 bits per heavy atom. The van der Waals surface area contributed by atoms with Gasteiger partial charge >= 0.3 is 0 Å². The van der Waals surface area contributed by atoms with Crippen molar-refractivity contribution in [1.82, 2.24) is 9.97 Å². The fourth-order valence-corrected chi connectivity index (χ4v) is 3.94. The van der Waals surface area contributed by atoms with Gasteiger partial charge in [0.2, 0.25) is 0 Å². The third kappa shape index (κ3) is 3.24. The Hall–Kier alpha value is -2.78. The number of thiazole rings is 1. The Labute approximate surface area is 151 Å². The van der Waals surface area contributed by atoms with E-state index in [1.165, 1.54) is 10.4 Å². The molecule has 0 atom stereocenters. The number of pyridine rings is 1. The topological polar surface area (TPSA) is 25.8 Å². The quantitative estimate of drug-likeness (QED) is 0.460. The van der Waals surface area contributed by atoms with Crippen molar-refractivity contribution in [2.24, 2.45) is 0 Å². The van der Waals surface area contributed by atoms with Crippen LogP contribution in [0.25, 0.3) is 32.3 Å². The molecule has 0 unspecified atom stereocenters. The summed E-state index contributed by atoms with van der Waals surface area (Å²) in [4.78, 5) is 10.3. The van der Waals surface area contributed by atoms with Crippen LogP contribution in [-0.4, -0.2) is 9.97 Å². The second-order valence-corrected chi connectivity index (χ2v) is 7.06. The van der Waals surface area contributed by atoms with Gasteiger partial charge in [0.25, 0.3) is 0 Å². The van der Waals surface area contributed by atoms with E-state index in [0.717, 1.165) is 33.0 Å². The number of hydrogen-bond acceptors (Lipinski definition) is 3. The van der Waals surface area contributed by atoms with Gasteiger partial charge in [-0.05, 0) is 55.3 Å². The minimum atomic E-state index is 1.03. The lowest BCUT2D eigenvalue weighted by Gasteiger charge is -2.03. The van der Waals surface area contributed by atoms with Crippen LogP contribution < -0.4 is 0 Å². The highest BCUT2D eigenvalue weighted by atomic mass is 32.1. The summed E-state index contributed by atoms with van der Waals surface area (Å²) in [6.45, 7) is 4.17. The van der Waals surface area contributed by atoms with Crippen LogP contribution in [0.2, 0.25) is 0 Å². The monoisotopic (exact) mass is 341 g/mol. The zero-order chi connectivity index (χ0) is 17.2. The van der Waals surface area contributed by atoms with Gasteiger partial charge in [-0.3, -0.25) is 4.98 Å². The van der Waals surface area contributed by atoms with Crippen LogP contribution in [0.4, 0.5) is 0 Å². The average molecular weight is 341 g/mol. The summed E-state index contributed by atoms with van der Waals surface area (Å²) < 4.78 is 0. The van der Waals surface area contributed by atoms with E-state index in [0.29, 0.717) is 0 Å². The first-order valence-corrected chi connectivity index (χ1v) is 8.99. The molecule has 0 saturated carbocycles. The van der Waals surface area contributed by atoms with Gasteiger partial charge in [0.15, 0.2) is 0 Å². The fourth-order valence-electron chi connectivity index (χ4n) is 2.85. The second-order valence-electron chi connectivity index (χ2n) is 6.06. The molecular formula is C22H17N2S. The van der Waals surface area contributed by atoms with E-state index in [2.05, 4.69) is 61.3 Å². The van der Waals surface area contributed by atoms with Crippen LogP contribution in [0, 0.1) is 19.9 Å². The van der Waals surface area contributed by atoms with Crippen molar-refractivity contribution >= 4 is 11.3 Å². The molecule has 0 saturated heterocycles. The van der Waals surface area contributed by atoms with E-state index >= 15 is 0 Å².